The fourth-order valence-electron chi connectivity index (χ4n) is 4.22. The van der Waals surface area contributed by atoms with Crippen LogP contribution in [-0.2, 0) is 9.63 Å². The fraction of sp³-hybridized carbons (Fsp3) is 0.600. The summed E-state index contributed by atoms with van der Waals surface area (Å²) in [6.07, 6.45) is 2.66. The van der Waals surface area contributed by atoms with Crippen LogP contribution in [0.4, 0.5) is 0 Å². The highest BCUT2D eigenvalue weighted by Crippen LogP contribution is 2.50. The molecule has 1 aromatic rings. The highest BCUT2D eigenvalue weighted by Gasteiger charge is 2.51. The van der Waals surface area contributed by atoms with Crippen molar-refractivity contribution >= 4 is 11.7 Å². The van der Waals surface area contributed by atoms with E-state index in [2.05, 4.69) is 5.16 Å². The summed E-state index contributed by atoms with van der Waals surface area (Å²) in [7, 11) is 0. The van der Waals surface area contributed by atoms with Gasteiger partial charge in [-0.25, -0.2) is 0 Å². The number of carboxylic acid groups (broad SMARTS) is 1. The van der Waals surface area contributed by atoms with Crippen LogP contribution in [-0.4, -0.2) is 39.7 Å². The van der Waals surface area contributed by atoms with E-state index in [0.29, 0.717) is 31.8 Å². The van der Waals surface area contributed by atoms with Crippen molar-refractivity contribution in [3.63, 3.8) is 0 Å². The number of aliphatic hydroxyl groups excluding tert-OH is 2. The number of aliphatic hydroxyl groups is 2. The smallest absolute Gasteiger partial charge is 0.303 e. The lowest BCUT2D eigenvalue weighted by Gasteiger charge is -2.35. The molecule has 3 N–H and O–H groups in total. The molecule has 2 aliphatic rings. The molecule has 2 fully saturated rings. The molecule has 0 radical (unpaired) electrons. The molecule has 6 nitrogen and oxygen atoms in total. The molecule has 5 unspecified atom stereocenters. The van der Waals surface area contributed by atoms with E-state index < -0.39 is 12.1 Å². The lowest BCUT2D eigenvalue weighted by atomic mass is 9.70. The summed E-state index contributed by atoms with van der Waals surface area (Å²) in [6, 6.07) is 9.62. The van der Waals surface area contributed by atoms with Crippen molar-refractivity contribution in [3.8, 4) is 0 Å². The van der Waals surface area contributed by atoms with Gasteiger partial charge in [0.15, 0.2) is 0 Å². The number of oxime groups is 1. The number of rotatable bonds is 9. The molecule has 0 aromatic heterocycles. The van der Waals surface area contributed by atoms with Crippen LogP contribution in [0.3, 0.4) is 0 Å². The second kappa shape index (κ2) is 8.64. The average molecular weight is 361 g/mol. The van der Waals surface area contributed by atoms with Gasteiger partial charge in [0.1, 0.15) is 6.61 Å². The van der Waals surface area contributed by atoms with Crippen LogP contribution in [0.1, 0.15) is 50.2 Å². The number of benzene rings is 1. The average Bonchev–Trinajstić information content (AvgIpc) is 2.87. The monoisotopic (exact) mass is 361 g/mol. The predicted octanol–water partition coefficient (Wildman–Crippen LogP) is 2.75. The Balaban J connectivity index is 1.44. The Hall–Kier alpha value is -1.92. The van der Waals surface area contributed by atoms with Gasteiger partial charge >= 0.3 is 5.97 Å². The molecule has 0 bridgehead atoms. The first-order valence-electron chi connectivity index (χ1n) is 9.38. The zero-order chi connectivity index (χ0) is 18.5. The molecule has 142 valence electrons. The first-order chi connectivity index (χ1) is 12.6. The second-order valence-corrected chi connectivity index (χ2v) is 7.36. The number of hydrogen-bond acceptors (Lipinski definition) is 5. The Morgan fingerprint density at radius 3 is 2.81 bits per heavy atom. The highest BCUT2D eigenvalue weighted by molar-refractivity contribution is 5.93. The molecule has 5 atom stereocenters. The summed E-state index contributed by atoms with van der Waals surface area (Å²) in [4.78, 5) is 15.7. The van der Waals surface area contributed by atoms with Crippen LogP contribution in [0.2, 0.25) is 0 Å². The number of hydrogen-bond donors (Lipinski definition) is 3. The minimum atomic E-state index is -0.829. The second-order valence-electron chi connectivity index (χ2n) is 7.36. The van der Waals surface area contributed by atoms with E-state index in [4.69, 9.17) is 9.94 Å². The summed E-state index contributed by atoms with van der Waals surface area (Å²) >= 11 is 0. The van der Waals surface area contributed by atoms with Crippen molar-refractivity contribution in [2.24, 2.45) is 22.9 Å². The first-order valence-corrected chi connectivity index (χ1v) is 9.38. The molecule has 0 aliphatic heterocycles. The minimum absolute atomic E-state index is 0.0848. The van der Waals surface area contributed by atoms with E-state index >= 15 is 0 Å². The van der Waals surface area contributed by atoms with Gasteiger partial charge in [-0.15, -0.1) is 0 Å². The third-order valence-electron chi connectivity index (χ3n) is 5.70. The van der Waals surface area contributed by atoms with Crippen molar-refractivity contribution in [2.45, 2.75) is 50.7 Å². The summed E-state index contributed by atoms with van der Waals surface area (Å²) in [5.74, 6) is 0.0476. The van der Waals surface area contributed by atoms with Gasteiger partial charge in [-0.3, -0.25) is 4.79 Å². The molecule has 0 heterocycles. The molecular formula is C20H27NO5. The van der Waals surface area contributed by atoms with Gasteiger partial charge in [0.05, 0.1) is 17.9 Å². The number of nitrogens with zero attached hydrogens (tertiary/aromatic N) is 1. The van der Waals surface area contributed by atoms with Crippen LogP contribution in [0, 0.1) is 17.8 Å². The molecule has 0 spiro atoms. The fourth-order valence-corrected chi connectivity index (χ4v) is 4.22. The standard InChI is InChI=1S/C20H27NO5/c22-18(13-5-2-1-3-6-13)9-8-14-15-11-17(16(15)12-19(14)23)21-26-10-4-7-20(24)25/h1-3,5-6,14-16,18-19,22-23H,4,7-12H2,(H,24,25). The summed E-state index contributed by atoms with van der Waals surface area (Å²) < 4.78 is 0. The summed E-state index contributed by atoms with van der Waals surface area (Å²) in [5.41, 5.74) is 1.90. The number of aliphatic carboxylic acids is 1. The lowest BCUT2D eigenvalue weighted by molar-refractivity contribution is -0.137. The van der Waals surface area contributed by atoms with Gasteiger partial charge in [0.25, 0.3) is 0 Å². The maximum absolute atomic E-state index is 10.4. The van der Waals surface area contributed by atoms with E-state index in [1.54, 1.807) is 0 Å². The zero-order valence-corrected chi connectivity index (χ0v) is 14.8. The molecule has 3 rings (SSSR count). The largest absolute Gasteiger partial charge is 0.481 e. The predicted molar refractivity (Wildman–Crippen MR) is 96.6 cm³/mol. The minimum Gasteiger partial charge on any atom is -0.481 e. The van der Waals surface area contributed by atoms with E-state index in [0.717, 1.165) is 24.1 Å². The third kappa shape index (κ3) is 4.43. The van der Waals surface area contributed by atoms with Crippen molar-refractivity contribution in [2.75, 3.05) is 6.61 Å². The maximum atomic E-state index is 10.4. The zero-order valence-electron chi connectivity index (χ0n) is 14.8. The number of carbonyl (C=O) groups is 1. The van der Waals surface area contributed by atoms with E-state index in [1.807, 2.05) is 30.3 Å². The van der Waals surface area contributed by atoms with Gasteiger partial charge in [0.2, 0.25) is 0 Å². The van der Waals surface area contributed by atoms with Gasteiger partial charge in [0, 0.05) is 12.3 Å². The third-order valence-corrected chi connectivity index (χ3v) is 5.70. The van der Waals surface area contributed by atoms with Crippen molar-refractivity contribution in [1.29, 1.82) is 0 Å². The number of carboxylic acids is 1. The van der Waals surface area contributed by atoms with E-state index in [9.17, 15) is 15.0 Å². The van der Waals surface area contributed by atoms with E-state index in [-0.39, 0.29) is 24.4 Å². The van der Waals surface area contributed by atoms with Crippen LogP contribution < -0.4 is 0 Å². The van der Waals surface area contributed by atoms with E-state index in [1.165, 1.54) is 0 Å². The van der Waals surface area contributed by atoms with Gasteiger partial charge < -0.3 is 20.2 Å². The van der Waals surface area contributed by atoms with Crippen molar-refractivity contribution in [3.05, 3.63) is 35.9 Å². The van der Waals surface area contributed by atoms with Crippen LogP contribution in [0.15, 0.2) is 35.5 Å². The number of fused-ring (bicyclic) bond motifs is 1. The summed E-state index contributed by atoms with van der Waals surface area (Å²) in [5, 5.41) is 33.5. The van der Waals surface area contributed by atoms with Crippen LogP contribution >= 0.6 is 0 Å². The Morgan fingerprint density at radius 2 is 2.08 bits per heavy atom. The molecule has 6 heteroatoms. The van der Waals surface area contributed by atoms with Gasteiger partial charge in [-0.1, -0.05) is 35.5 Å². The Kier molecular flexibility index (Phi) is 6.27. The van der Waals surface area contributed by atoms with Crippen molar-refractivity contribution < 1.29 is 25.0 Å². The van der Waals surface area contributed by atoms with Gasteiger partial charge in [-0.05, 0) is 49.5 Å². The quantitative estimate of drug-likeness (QED) is 0.464. The Bertz CT molecular complexity index is 632. The molecule has 26 heavy (non-hydrogen) atoms. The lowest BCUT2D eigenvalue weighted by Crippen LogP contribution is -2.36. The first kappa shape index (κ1) is 18.9. The van der Waals surface area contributed by atoms with Crippen molar-refractivity contribution in [1.82, 2.24) is 0 Å². The van der Waals surface area contributed by atoms with Crippen LogP contribution in [0.25, 0.3) is 0 Å². The SMILES string of the molecule is O=C(O)CCCON=C1CC2C1CC(O)C2CCC(O)c1ccccc1. The van der Waals surface area contributed by atoms with Gasteiger partial charge in [-0.2, -0.15) is 0 Å². The normalized spacial score (nSPS) is 29.8. The summed E-state index contributed by atoms with van der Waals surface area (Å²) in [6.45, 7) is 0.308. The molecule has 0 saturated heterocycles. The Labute approximate surface area is 153 Å². The molecule has 1 aromatic carbocycles. The highest BCUT2D eigenvalue weighted by atomic mass is 16.6. The van der Waals surface area contributed by atoms with Crippen LogP contribution in [0.5, 0.6) is 0 Å². The molecule has 2 saturated carbocycles. The Morgan fingerprint density at radius 1 is 1.31 bits per heavy atom. The topological polar surface area (TPSA) is 99.4 Å². The maximum Gasteiger partial charge on any atom is 0.303 e. The molecular weight excluding hydrogens is 334 g/mol. The molecule has 0 amide bonds. The molecule has 2 aliphatic carbocycles.